The molecule has 2 aromatic rings. The number of carbonyl (C=O) groups is 2. The van der Waals surface area contributed by atoms with Gasteiger partial charge in [0.25, 0.3) is 5.91 Å². The van der Waals surface area contributed by atoms with Crippen molar-refractivity contribution >= 4 is 21.9 Å². The molecule has 0 atom stereocenters. The van der Waals surface area contributed by atoms with Crippen molar-refractivity contribution in [1.82, 2.24) is 9.62 Å². The van der Waals surface area contributed by atoms with E-state index >= 15 is 0 Å². The second-order valence-electron chi connectivity index (χ2n) is 8.26. The molecule has 0 saturated heterocycles. The molecule has 8 heteroatoms. The maximum atomic E-state index is 13.1. The van der Waals surface area contributed by atoms with Crippen LogP contribution in [-0.2, 0) is 32.5 Å². The zero-order valence-corrected chi connectivity index (χ0v) is 18.2. The average Bonchev–Trinajstić information content (AvgIpc) is 2.70. The minimum Gasteiger partial charge on any atom is -0.452 e. The summed E-state index contributed by atoms with van der Waals surface area (Å²) >= 11 is 0. The van der Waals surface area contributed by atoms with Crippen molar-refractivity contribution in [3.63, 3.8) is 0 Å². The third-order valence-electron chi connectivity index (χ3n) is 4.65. The van der Waals surface area contributed by atoms with Crippen LogP contribution in [0.25, 0.3) is 0 Å². The summed E-state index contributed by atoms with van der Waals surface area (Å²) in [6, 6.07) is 13.5. The van der Waals surface area contributed by atoms with Crippen LogP contribution >= 0.6 is 0 Å². The Morgan fingerprint density at radius 2 is 1.77 bits per heavy atom. The number of nitrogens with one attached hydrogen (secondary N) is 1. The lowest BCUT2D eigenvalue weighted by atomic mass is 10.0. The SMILES string of the molecule is CC(C)(C)NC(=O)COC(=O)c1cccc(S(=O)(=O)N2CCc3ccccc3C2)c1. The van der Waals surface area contributed by atoms with Crippen LogP contribution in [0.15, 0.2) is 53.4 Å². The molecule has 0 bridgehead atoms. The van der Waals surface area contributed by atoms with Crippen LogP contribution in [0.2, 0.25) is 0 Å². The number of benzene rings is 2. The molecule has 2 aromatic carbocycles. The summed E-state index contributed by atoms with van der Waals surface area (Å²) in [5.41, 5.74) is 1.77. The van der Waals surface area contributed by atoms with Gasteiger partial charge >= 0.3 is 5.97 Å². The molecular formula is C22H26N2O5S. The van der Waals surface area contributed by atoms with Crippen LogP contribution in [0.5, 0.6) is 0 Å². The Morgan fingerprint density at radius 3 is 2.47 bits per heavy atom. The first-order valence-electron chi connectivity index (χ1n) is 9.71. The Balaban J connectivity index is 1.71. The van der Waals surface area contributed by atoms with Gasteiger partial charge in [0.2, 0.25) is 10.0 Å². The fraction of sp³-hybridized carbons (Fsp3) is 0.364. The minimum absolute atomic E-state index is 0.0236. The Bertz CT molecular complexity index is 1060. The highest BCUT2D eigenvalue weighted by Gasteiger charge is 2.29. The highest BCUT2D eigenvalue weighted by molar-refractivity contribution is 7.89. The summed E-state index contributed by atoms with van der Waals surface area (Å²) in [7, 11) is -3.77. The molecule has 0 aromatic heterocycles. The van der Waals surface area contributed by atoms with Gasteiger partial charge in [-0.2, -0.15) is 4.31 Å². The molecule has 1 N–H and O–H groups in total. The number of esters is 1. The molecule has 7 nitrogen and oxygen atoms in total. The molecule has 3 rings (SSSR count). The number of sulfonamides is 1. The first kappa shape index (κ1) is 22.0. The molecule has 1 aliphatic rings. The molecule has 0 spiro atoms. The van der Waals surface area contributed by atoms with Gasteiger partial charge in [0.05, 0.1) is 10.5 Å². The predicted molar refractivity (Wildman–Crippen MR) is 112 cm³/mol. The summed E-state index contributed by atoms with van der Waals surface area (Å²) in [5, 5.41) is 2.69. The zero-order chi connectivity index (χ0) is 21.9. The monoisotopic (exact) mass is 430 g/mol. The number of amides is 1. The van der Waals surface area contributed by atoms with Crippen molar-refractivity contribution < 1.29 is 22.7 Å². The Hall–Kier alpha value is -2.71. The number of hydrogen-bond donors (Lipinski definition) is 1. The molecule has 30 heavy (non-hydrogen) atoms. The predicted octanol–water partition coefficient (Wildman–Crippen LogP) is 2.51. The highest BCUT2D eigenvalue weighted by Crippen LogP contribution is 2.25. The highest BCUT2D eigenvalue weighted by atomic mass is 32.2. The molecule has 1 aliphatic heterocycles. The van der Waals surface area contributed by atoms with E-state index in [9.17, 15) is 18.0 Å². The van der Waals surface area contributed by atoms with Gasteiger partial charge in [-0.1, -0.05) is 30.3 Å². The molecule has 160 valence electrons. The minimum atomic E-state index is -3.77. The second kappa shape index (κ2) is 8.57. The molecule has 0 radical (unpaired) electrons. The number of ether oxygens (including phenoxy) is 1. The van der Waals surface area contributed by atoms with Crippen molar-refractivity contribution in [2.75, 3.05) is 13.2 Å². The van der Waals surface area contributed by atoms with Crippen LogP contribution in [-0.4, -0.2) is 43.3 Å². The largest absolute Gasteiger partial charge is 0.452 e. The molecule has 1 amide bonds. The van der Waals surface area contributed by atoms with Crippen LogP contribution < -0.4 is 5.32 Å². The third kappa shape index (κ3) is 5.25. The van der Waals surface area contributed by atoms with E-state index in [1.54, 1.807) is 0 Å². The molecule has 0 aliphatic carbocycles. The topological polar surface area (TPSA) is 92.8 Å². The maximum absolute atomic E-state index is 13.1. The smallest absolute Gasteiger partial charge is 0.338 e. The second-order valence-corrected chi connectivity index (χ2v) is 10.2. The van der Waals surface area contributed by atoms with Gasteiger partial charge in [-0.05, 0) is 56.5 Å². The van der Waals surface area contributed by atoms with E-state index in [2.05, 4.69) is 5.32 Å². The van der Waals surface area contributed by atoms with E-state index in [1.807, 2.05) is 45.0 Å². The molecular weight excluding hydrogens is 404 g/mol. The Kier molecular flexibility index (Phi) is 6.28. The summed E-state index contributed by atoms with van der Waals surface area (Å²) in [4.78, 5) is 24.2. The standard InChI is InChI=1S/C22H26N2O5S/c1-22(2,3)23-20(25)15-29-21(26)17-9-6-10-19(13-17)30(27,28)24-12-11-16-7-4-5-8-18(16)14-24/h4-10,13H,11-12,14-15H2,1-3H3,(H,23,25). The van der Waals surface area contributed by atoms with E-state index in [0.717, 1.165) is 11.1 Å². The lowest BCUT2D eigenvalue weighted by Crippen LogP contribution is -2.42. The van der Waals surface area contributed by atoms with E-state index in [4.69, 9.17) is 4.74 Å². The summed E-state index contributed by atoms with van der Waals surface area (Å²) < 4.78 is 32.7. The van der Waals surface area contributed by atoms with E-state index in [1.165, 1.54) is 28.6 Å². The van der Waals surface area contributed by atoms with Crippen molar-refractivity contribution in [3.8, 4) is 0 Å². The third-order valence-corrected chi connectivity index (χ3v) is 6.49. The van der Waals surface area contributed by atoms with E-state index in [0.29, 0.717) is 19.5 Å². The van der Waals surface area contributed by atoms with Crippen LogP contribution in [0.3, 0.4) is 0 Å². The normalized spacial score (nSPS) is 14.6. The average molecular weight is 431 g/mol. The number of hydrogen-bond acceptors (Lipinski definition) is 5. The zero-order valence-electron chi connectivity index (χ0n) is 17.3. The lowest BCUT2D eigenvalue weighted by molar-refractivity contribution is -0.125. The first-order chi connectivity index (χ1) is 14.1. The molecule has 1 heterocycles. The Labute approximate surface area is 177 Å². The van der Waals surface area contributed by atoms with Gasteiger partial charge in [0.15, 0.2) is 6.61 Å². The van der Waals surface area contributed by atoms with Gasteiger partial charge in [0, 0.05) is 18.6 Å². The fourth-order valence-electron chi connectivity index (χ4n) is 3.28. The number of nitrogens with zero attached hydrogens (tertiary/aromatic N) is 1. The van der Waals surface area contributed by atoms with E-state index < -0.39 is 34.0 Å². The van der Waals surface area contributed by atoms with Crippen LogP contribution in [0.1, 0.15) is 42.3 Å². The summed E-state index contributed by atoms with van der Waals surface area (Å²) in [5.74, 6) is -1.17. The van der Waals surface area contributed by atoms with Gasteiger partial charge in [-0.15, -0.1) is 0 Å². The molecule has 0 saturated carbocycles. The van der Waals surface area contributed by atoms with Gasteiger partial charge < -0.3 is 10.1 Å². The first-order valence-corrected chi connectivity index (χ1v) is 11.2. The summed E-state index contributed by atoms with van der Waals surface area (Å²) in [6.45, 7) is 5.69. The van der Waals surface area contributed by atoms with Crippen LogP contribution in [0.4, 0.5) is 0 Å². The molecule has 0 unspecified atom stereocenters. The number of rotatable bonds is 5. The van der Waals surface area contributed by atoms with Crippen molar-refractivity contribution in [2.24, 2.45) is 0 Å². The number of fused-ring (bicyclic) bond motifs is 1. The number of carbonyl (C=O) groups excluding carboxylic acids is 2. The Morgan fingerprint density at radius 1 is 1.07 bits per heavy atom. The maximum Gasteiger partial charge on any atom is 0.338 e. The fourth-order valence-corrected chi connectivity index (χ4v) is 4.74. The summed E-state index contributed by atoms with van der Waals surface area (Å²) in [6.07, 6.45) is 0.639. The van der Waals surface area contributed by atoms with Crippen molar-refractivity contribution in [3.05, 3.63) is 65.2 Å². The van der Waals surface area contributed by atoms with Crippen LogP contribution in [0, 0.1) is 0 Å². The van der Waals surface area contributed by atoms with Gasteiger partial charge in [-0.3, -0.25) is 4.79 Å². The lowest BCUT2D eigenvalue weighted by Gasteiger charge is -2.28. The van der Waals surface area contributed by atoms with E-state index in [-0.39, 0.29) is 10.5 Å². The van der Waals surface area contributed by atoms with Crippen molar-refractivity contribution in [2.45, 2.75) is 44.2 Å². The van der Waals surface area contributed by atoms with Crippen molar-refractivity contribution in [1.29, 1.82) is 0 Å². The quantitative estimate of drug-likeness (QED) is 0.736. The van der Waals surface area contributed by atoms with Gasteiger partial charge in [0.1, 0.15) is 0 Å². The van der Waals surface area contributed by atoms with Gasteiger partial charge in [-0.25, -0.2) is 13.2 Å². The molecule has 0 fully saturated rings.